The highest BCUT2D eigenvalue weighted by atomic mass is 35.5. The van der Waals surface area contributed by atoms with E-state index in [1.165, 1.54) is 0 Å². The maximum absolute atomic E-state index is 12.6. The Hall–Kier alpha value is -1.51. The molecule has 2 N–H and O–H groups in total. The summed E-state index contributed by atoms with van der Waals surface area (Å²) in [5.74, 6) is 0. The van der Waals surface area contributed by atoms with Crippen molar-refractivity contribution in [2.75, 3.05) is 0 Å². The molecule has 4 nitrogen and oxygen atoms in total. The standard InChI is InChI=1S/C12H10ClF3N2O2S/c13-10-2-1-9(12(14,15)16)5-11(10)21(19,20)18-7-8-3-4-17-6-8/h1-6,17-18H,7H2. The number of benzene rings is 1. The number of alkyl halides is 3. The Bertz CT molecular complexity index is 727. The summed E-state index contributed by atoms with van der Waals surface area (Å²) in [5, 5.41) is -0.274. The summed E-state index contributed by atoms with van der Waals surface area (Å²) in [6.07, 6.45) is -1.48. The smallest absolute Gasteiger partial charge is 0.367 e. The largest absolute Gasteiger partial charge is 0.416 e. The Morgan fingerprint density at radius 2 is 1.95 bits per heavy atom. The van der Waals surface area contributed by atoms with E-state index >= 15 is 0 Å². The molecule has 0 amide bonds. The fourth-order valence-electron chi connectivity index (χ4n) is 1.61. The highest BCUT2D eigenvalue weighted by Crippen LogP contribution is 2.33. The summed E-state index contributed by atoms with van der Waals surface area (Å²) in [7, 11) is -4.15. The van der Waals surface area contributed by atoms with E-state index in [-0.39, 0.29) is 11.6 Å². The van der Waals surface area contributed by atoms with Gasteiger partial charge in [-0.1, -0.05) is 11.6 Å². The second kappa shape index (κ2) is 5.70. The van der Waals surface area contributed by atoms with Crippen LogP contribution >= 0.6 is 11.6 Å². The van der Waals surface area contributed by atoms with Gasteiger partial charge in [0, 0.05) is 18.9 Å². The average Bonchev–Trinajstić information content (AvgIpc) is 2.88. The number of aromatic amines is 1. The molecule has 1 heterocycles. The summed E-state index contributed by atoms with van der Waals surface area (Å²) >= 11 is 5.70. The zero-order valence-corrected chi connectivity index (χ0v) is 12.0. The molecule has 2 rings (SSSR count). The lowest BCUT2D eigenvalue weighted by Crippen LogP contribution is -2.24. The lowest BCUT2D eigenvalue weighted by molar-refractivity contribution is -0.137. The Morgan fingerprint density at radius 1 is 1.24 bits per heavy atom. The molecule has 9 heteroatoms. The molecule has 0 saturated carbocycles. The fourth-order valence-corrected chi connectivity index (χ4v) is 3.15. The third-order valence-corrected chi connectivity index (χ3v) is 4.56. The van der Waals surface area contributed by atoms with Crippen molar-refractivity contribution in [2.24, 2.45) is 0 Å². The van der Waals surface area contributed by atoms with Gasteiger partial charge in [-0.15, -0.1) is 0 Å². The minimum atomic E-state index is -4.64. The minimum absolute atomic E-state index is 0.0571. The summed E-state index contributed by atoms with van der Waals surface area (Å²) in [6, 6.07) is 3.79. The summed E-state index contributed by atoms with van der Waals surface area (Å²) in [4.78, 5) is 2.13. The molecule has 114 valence electrons. The highest BCUT2D eigenvalue weighted by molar-refractivity contribution is 7.89. The predicted molar refractivity (Wildman–Crippen MR) is 71.3 cm³/mol. The molecule has 0 atom stereocenters. The van der Waals surface area contributed by atoms with Crippen LogP contribution in [0.15, 0.2) is 41.6 Å². The zero-order chi connectivity index (χ0) is 15.7. The quantitative estimate of drug-likeness (QED) is 0.899. The van der Waals surface area contributed by atoms with Gasteiger partial charge in [0.05, 0.1) is 10.6 Å². The second-order valence-corrected chi connectivity index (χ2v) is 6.33. The molecular formula is C12H10ClF3N2O2S. The predicted octanol–water partition coefficient (Wildman–Crippen LogP) is 3.17. The zero-order valence-electron chi connectivity index (χ0n) is 10.4. The molecule has 0 radical (unpaired) electrons. The lowest BCUT2D eigenvalue weighted by Gasteiger charge is -2.11. The van der Waals surface area contributed by atoms with Gasteiger partial charge in [0.1, 0.15) is 4.90 Å². The van der Waals surface area contributed by atoms with Gasteiger partial charge >= 0.3 is 6.18 Å². The van der Waals surface area contributed by atoms with Crippen molar-refractivity contribution in [3.05, 3.63) is 52.8 Å². The maximum atomic E-state index is 12.6. The summed E-state index contributed by atoms with van der Waals surface area (Å²) in [5.41, 5.74) is -0.435. The molecule has 2 aromatic rings. The molecule has 1 aromatic carbocycles. The van der Waals surface area contributed by atoms with Gasteiger partial charge in [0.15, 0.2) is 0 Å². The van der Waals surface area contributed by atoms with Crippen molar-refractivity contribution >= 4 is 21.6 Å². The van der Waals surface area contributed by atoms with Crippen molar-refractivity contribution in [3.63, 3.8) is 0 Å². The van der Waals surface area contributed by atoms with E-state index in [0.29, 0.717) is 11.6 Å². The minimum Gasteiger partial charge on any atom is -0.367 e. The number of halogens is 4. The van der Waals surface area contributed by atoms with Crippen LogP contribution < -0.4 is 4.72 Å². The van der Waals surface area contributed by atoms with Crippen LogP contribution in [0.4, 0.5) is 13.2 Å². The lowest BCUT2D eigenvalue weighted by atomic mass is 10.2. The number of nitrogens with one attached hydrogen (secondary N) is 2. The third kappa shape index (κ3) is 3.78. The Kier molecular flexibility index (Phi) is 4.31. The van der Waals surface area contributed by atoms with Crippen LogP contribution in [0.3, 0.4) is 0 Å². The maximum Gasteiger partial charge on any atom is 0.416 e. The van der Waals surface area contributed by atoms with Gasteiger partial charge in [0.2, 0.25) is 10.0 Å². The summed E-state index contributed by atoms with van der Waals surface area (Å²) < 4.78 is 64.2. The molecule has 0 bridgehead atoms. The van der Waals surface area contributed by atoms with Crippen LogP contribution in [0.25, 0.3) is 0 Å². The Labute approximate surface area is 124 Å². The van der Waals surface area contributed by atoms with Gasteiger partial charge in [0.25, 0.3) is 0 Å². The molecule has 0 aliphatic heterocycles. The van der Waals surface area contributed by atoms with Gasteiger partial charge < -0.3 is 4.98 Å². The molecule has 0 aliphatic carbocycles. The Balaban J connectivity index is 2.31. The molecule has 0 saturated heterocycles. The van der Waals surface area contributed by atoms with Crippen LogP contribution in [-0.4, -0.2) is 13.4 Å². The van der Waals surface area contributed by atoms with E-state index in [1.807, 2.05) is 0 Å². The topological polar surface area (TPSA) is 62.0 Å². The molecule has 0 aliphatic rings. The van der Waals surface area contributed by atoms with Crippen LogP contribution in [0.2, 0.25) is 5.02 Å². The number of hydrogen-bond donors (Lipinski definition) is 2. The number of aromatic nitrogens is 1. The van der Waals surface area contributed by atoms with Crippen molar-refractivity contribution in [1.82, 2.24) is 9.71 Å². The average molecular weight is 339 g/mol. The van der Waals surface area contributed by atoms with E-state index in [9.17, 15) is 21.6 Å². The van der Waals surface area contributed by atoms with Crippen molar-refractivity contribution in [2.45, 2.75) is 17.6 Å². The number of hydrogen-bond acceptors (Lipinski definition) is 2. The first-order valence-corrected chi connectivity index (χ1v) is 7.54. The number of sulfonamides is 1. The van der Waals surface area contributed by atoms with Crippen molar-refractivity contribution in [1.29, 1.82) is 0 Å². The van der Waals surface area contributed by atoms with Gasteiger partial charge in [-0.3, -0.25) is 0 Å². The molecule has 0 unspecified atom stereocenters. The highest BCUT2D eigenvalue weighted by Gasteiger charge is 2.32. The van der Waals surface area contributed by atoms with Crippen molar-refractivity contribution in [3.8, 4) is 0 Å². The normalized spacial score (nSPS) is 12.6. The summed E-state index contributed by atoms with van der Waals surface area (Å²) in [6.45, 7) is -0.0571. The van der Waals surface area contributed by atoms with E-state index in [4.69, 9.17) is 11.6 Å². The molecular weight excluding hydrogens is 329 g/mol. The number of H-pyrrole nitrogens is 1. The molecule has 0 spiro atoms. The Morgan fingerprint density at radius 3 is 2.52 bits per heavy atom. The first-order chi connectivity index (χ1) is 9.70. The first kappa shape index (κ1) is 15.9. The van der Waals surface area contributed by atoms with Crippen LogP contribution in [0.5, 0.6) is 0 Å². The van der Waals surface area contributed by atoms with E-state index < -0.39 is 26.7 Å². The van der Waals surface area contributed by atoms with Crippen molar-refractivity contribution < 1.29 is 21.6 Å². The molecule has 1 aromatic heterocycles. The van der Waals surface area contributed by atoms with Gasteiger partial charge in [-0.05, 0) is 29.8 Å². The van der Waals surface area contributed by atoms with Crippen LogP contribution in [0, 0.1) is 0 Å². The van der Waals surface area contributed by atoms with Gasteiger partial charge in [-0.25, -0.2) is 13.1 Å². The monoisotopic (exact) mass is 338 g/mol. The SMILES string of the molecule is O=S(=O)(NCc1cc[nH]c1)c1cc(C(F)(F)F)ccc1Cl. The van der Waals surface area contributed by atoms with Crippen LogP contribution in [0.1, 0.15) is 11.1 Å². The van der Waals surface area contributed by atoms with Gasteiger partial charge in [-0.2, -0.15) is 13.2 Å². The first-order valence-electron chi connectivity index (χ1n) is 5.68. The fraction of sp³-hybridized carbons (Fsp3) is 0.167. The van der Waals surface area contributed by atoms with E-state index in [2.05, 4.69) is 9.71 Å². The van der Waals surface area contributed by atoms with E-state index in [1.54, 1.807) is 18.5 Å². The van der Waals surface area contributed by atoms with Crippen LogP contribution in [-0.2, 0) is 22.7 Å². The molecule has 0 fully saturated rings. The second-order valence-electron chi connectivity index (χ2n) is 4.19. The third-order valence-electron chi connectivity index (χ3n) is 2.68. The molecule has 21 heavy (non-hydrogen) atoms. The number of rotatable bonds is 4. The van der Waals surface area contributed by atoms with E-state index in [0.717, 1.165) is 12.1 Å².